The number of nitrogens with zero attached hydrogens (tertiary/aromatic N) is 2. The second kappa shape index (κ2) is 8.32. The van der Waals surface area contributed by atoms with Crippen molar-refractivity contribution in [3.8, 4) is 17.0 Å². The number of H-pyrrole nitrogens is 1. The van der Waals surface area contributed by atoms with E-state index in [-0.39, 0.29) is 24.8 Å². The van der Waals surface area contributed by atoms with Crippen molar-refractivity contribution < 1.29 is 19.4 Å². The smallest absolute Gasteiger partial charge is 0.305 e. The van der Waals surface area contributed by atoms with Gasteiger partial charge in [-0.2, -0.15) is 5.10 Å². The number of methoxy groups -OCH3 is 1. The van der Waals surface area contributed by atoms with Crippen LogP contribution in [0, 0.1) is 5.92 Å². The Kier molecular flexibility index (Phi) is 6.16. The number of hydrogen-bond donors (Lipinski definition) is 2. The van der Waals surface area contributed by atoms with E-state index in [1.54, 1.807) is 18.1 Å². The molecule has 2 N–H and O–H groups in total. The van der Waals surface area contributed by atoms with Crippen molar-refractivity contribution in [1.29, 1.82) is 0 Å². The topological polar surface area (TPSA) is 95.5 Å². The number of nitrogens with one attached hydrogen (secondary N) is 1. The minimum Gasteiger partial charge on any atom is -0.497 e. The zero-order valence-corrected chi connectivity index (χ0v) is 14.7. The largest absolute Gasteiger partial charge is 0.497 e. The van der Waals surface area contributed by atoms with E-state index in [1.165, 1.54) is 0 Å². The highest BCUT2D eigenvalue weighted by molar-refractivity contribution is 5.93. The van der Waals surface area contributed by atoms with Crippen molar-refractivity contribution in [1.82, 2.24) is 15.1 Å². The van der Waals surface area contributed by atoms with Gasteiger partial charge >= 0.3 is 5.97 Å². The molecule has 134 valence electrons. The molecule has 0 spiro atoms. The Morgan fingerprint density at radius 2 is 1.96 bits per heavy atom. The molecule has 7 nitrogen and oxygen atoms in total. The Balaban J connectivity index is 2.16. The zero-order valence-electron chi connectivity index (χ0n) is 14.7. The summed E-state index contributed by atoms with van der Waals surface area (Å²) < 4.78 is 5.13. The number of aromatic amines is 1. The first kappa shape index (κ1) is 18.5. The molecule has 0 unspecified atom stereocenters. The third-order valence-corrected chi connectivity index (χ3v) is 3.66. The van der Waals surface area contributed by atoms with Crippen molar-refractivity contribution in [3.63, 3.8) is 0 Å². The van der Waals surface area contributed by atoms with Crippen LogP contribution in [0.5, 0.6) is 5.75 Å². The molecule has 2 rings (SSSR count). The van der Waals surface area contributed by atoms with Crippen molar-refractivity contribution in [2.24, 2.45) is 5.92 Å². The third kappa shape index (κ3) is 5.07. The average molecular weight is 345 g/mol. The van der Waals surface area contributed by atoms with Crippen LogP contribution in [0.15, 0.2) is 30.3 Å². The van der Waals surface area contributed by atoms with Crippen LogP contribution in [0.2, 0.25) is 0 Å². The van der Waals surface area contributed by atoms with Crippen LogP contribution in [0.1, 0.15) is 30.8 Å². The van der Waals surface area contributed by atoms with E-state index < -0.39 is 5.97 Å². The van der Waals surface area contributed by atoms with E-state index in [9.17, 15) is 9.59 Å². The van der Waals surface area contributed by atoms with Crippen molar-refractivity contribution >= 4 is 11.9 Å². The van der Waals surface area contributed by atoms with E-state index in [2.05, 4.69) is 10.2 Å². The number of carboxylic acid groups (broad SMARTS) is 1. The van der Waals surface area contributed by atoms with Gasteiger partial charge in [-0.1, -0.05) is 13.8 Å². The lowest BCUT2D eigenvalue weighted by molar-refractivity contribution is -0.137. The van der Waals surface area contributed by atoms with Crippen LogP contribution < -0.4 is 4.74 Å². The molecule has 2 aromatic rings. The molecule has 0 radical (unpaired) electrons. The summed E-state index contributed by atoms with van der Waals surface area (Å²) in [4.78, 5) is 25.0. The number of aromatic nitrogens is 2. The minimum atomic E-state index is -0.926. The number of amides is 1. The van der Waals surface area contributed by atoms with Gasteiger partial charge in [-0.15, -0.1) is 0 Å². The summed E-state index contributed by atoms with van der Waals surface area (Å²) in [5.41, 5.74) is 1.85. The predicted molar refractivity (Wildman–Crippen MR) is 93.6 cm³/mol. The molecule has 0 aliphatic carbocycles. The Hall–Kier alpha value is -2.83. The molecule has 7 heteroatoms. The van der Waals surface area contributed by atoms with Crippen LogP contribution in [-0.2, 0) is 4.79 Å². The molecular formula is C18H23N3O4. The standard InChI is InChI=1S/C18H23N3O4/c1-12(2)11-21(9-8-17(22)23)18(24)16-10-15(19-20-16)13-4-6-14(25-3)7-5-13/h4-7,10,12H,8-9,11H2,1-3H3,(H,19,20)(H,22,23). The fraction of sp³-hybridized carbons (Fsp3) is 0.389. The third-order valence-electron chi connectivity index (χ3n) is 3.66. The molecule has 1 aromatic carbocycles. The monoisotopic (exact) mass is 345 g/mol. The summed E-state index contributed by atoms with van der Waals surface area (Å²) in [6.45, 7) is 4.62. The summed E-state index contributed by atoms with van der Waals surface area (Å²) in [5.74, 6) is -0.193. The maximum absolute atomic E-state index is 12.7. The van der Waals surface area contributed by atoms with Gasteiger partial charge < -0.3 is 14.7 Å². The van der Waals surface area contributed by atoms with Gasteiger partial charge in [0.15, 0.2) is 0 Å². The van der Waals surface area contributed by atoms with Gasteiger partial charge in [0.25, 0.3) is 5.91 Å². The second-order valence-corrected chi connectivity index (χ2v) is 6.18. The van der Waals surface area contributed by atoms with Gasteiger partial charge in [-0.05, 0) is 36.2 Å². The fourth-order valence-electron chi connectivity index (χ4n) is 2.46. The summed E-state index contributed by atoms with van der Waals surface area (Å²) in [6.07, 6.45) is -0.0854. The van der Waals surface area contributed by atoms with E-state index in [4.69, 9.17) is 9.84 Å². The van der Waals surface area contributed by atoms with Gasteiger partial charge in [0, 0.05) is 18.7 Å². The molecule has 0 saturated heterocycles. The first-order chi connectivity index (χ1) is 11.9. The maximum Gasteiger partial charge on any atom is 0.305 e. The fourth-order valence-corrected chi connectivity index (χ4v) is 2.46. The number of carbonyl (C=O) groups excluding carboxylic acids is 1. The normalized spacial score (nSPS) is 10.7. The SMILES string of the molecule is COc1ccc(-c2cc(C(=O)N(CCC(=O)O)CC(C)C)[nH]n2)cc1. The predicted octanol–water partition coefficient (Wildman–Crippen LogP) is 2.66. The molecular weight excluding hydrogens is 322 g/mol. The molecule has 1 heterocycles. The summed E-state index contributed by atoms with van der Waals surface area (Å²) >= 11 is 0. The van der Waals surface area contributed by atoms with Crippen molar-refractivity contribution in [3.05, 3.63) is 36.0 Å². The molecule has 0 fully saturated rings. The summed E-state index contributed by atoms with van der Waals surface area (Å²) in [5, 5.41) is 15.8. The molecule has 1 amide bonds. The lowest BCUT2D eigenvalue weighted by atomic mass is 10.1. The zero-order chi connectivity index (χ0) is 18.4. The quantitative estimate of drug-likeness (QED) is 0.767. The highest BCUT2D eigenvalue weighted by Gasteiger charge is 2.20. The van der Waals surface area contributed by atoms with Crippen molar-refractivity contribution in [2.75, 3.05) is 20.2 Å². The van der Waals surface area contributed by atoms with Crippen molar-refractivity contribution in [2.45, 2.75) is 20.3 Å². The number of carbonyl (C=O) groups is 2. The molecule has 0 atom stereocenters. The van der Waals surface area contributed by atoms with Crippen LogP contribution in [0.25, 0.3) is 11.3 Å². The lowest BCUT2D eigenvalue weighted by Gasteiger charge is -2.23. The molecule has 0 aliphatic rings. The average Bonchev–Trinajstić information content (AvgIpc) is 3.07. The Bertz CT molecular complexity index is 722. The molecule has 1 aromatic heterocycles. The highest BCUT2D eigenvalue weighted by Crippen LogP contribution is 2.21. The highest BCUT2D eigenvalue weighted by atomic mass is 16.5. The first-order valence-electron chi connectivity index (χ1n) is 8.11. The van der Waals surface area contributed by atoms with Crippen LogP contribution in [0.4, 0.5) is 0 Å². The Labute approximate surface area is 146 Å². The van der Waals surface area contributed by atoms with Gasteiger partial charge in [-0.3, -0.25) is 14.7 Å². The summed E-state index contributed by atoms with van der Waals surface area (Å²) in [7, 11) is 1.60. The minimum absolute atomic E-state index is 0.0854. The molecule has 25 heavy (non-hydrogen) atoms. The Morgan fingerprint density at radius 1 is 1.28 bits per heavy atom. The van der Waals surface area contributed by atoms with Crippen LogP contribution in [-0.4, -0.2) is 52.3 Å². The first-order valence-corrected chi connectivity index (χ1v) is 8.11. The number of carboxylic acids is 1. The van der Waals surface area contributed by atoms with Gasteiger partial charge in [0.05, 0.1) is 19.2 Å². The number of rotatable bonds is 8. The second-order valence-electron chi connectivity index (χ2n) is 6.18. The number of benzene rings is 1. The molecule has 0 saturated carbocycles. The van der Waals surface area contributed by atoms with Gasteiger partial charge in [0.2, 0.25) is 0 Å². The van der Waals surface area contributed by atoms with Gasteiger partial charge in [-0.25, -0.2) is 0 Å². The van der Waals surface area contributed by atoms with E-state index >= 15 is 0 Å². The van der Waals surface area contributed by atoms with Crippen LogP contribution in [0.3, 0.4) is 0 Å². The van der Waals surface area contributed by atoms with Crippen LogP contribution >= 0.6 is 0 Å². The molecule has 0 aliphatic heterocycles. The number of ether oxygens (including phenoxy) is 1. The summed E-state index contributed by atoms with van der Waals surface area (Å²) in [6, 6.07) is 9.05. The maximum atomic E-state index is 12.7. The lowest BCUT2D eigenvalue weighted by Crippen LogP contribution is -2.36. The number of hydrogen-bond acceptors (Lipinski definition) is 4. The van der Waals surface area contributed by atoms with E-state index in [0.717, 1.165) is 11.3 Å². The van der Waals surface area contributed by atoms with E-state index in [1.807, 2.05) is 38.1 Å². The van der Waals surface area contributed by atoms with E-state index in [0.29, 0.717) is 17.9 Å². The Morgan fingerprint density at radius 3 is 2.52 bits per heavy atom. The number of aliphatic carboxylic acids is 1. The molecule has 0 bridgehead atoms. The van der Waals surface area contributed by atoms with Gasteiger partial charge in [0.1, 0.15) is 11.4 Å².